The number of amides is 3. The van der Waals surface area contributed by atoms with Crippen molar-refractivity contribution >= 4 is 18.1 Å². The number of benzene rings is 2. The number of rotatable bonds is 7. The number of anilines is 1. The molecule has 0 bridgehead atoms. The van der Waals surface area contributed by atoms with Crippen molar-refractivity contribution in [2.45, 2.75) is 25.9 Å². The molecule has 1 atom stereocenters. The smallest absolute Gasteiger partial charge is 0.331 e. The van der Waals surface area contributed by atoms with E-state index in [1.807, 2.05) is 6.92 Å². The van der Waals surface area contributed by atoms with Crippen LogP contribution < -0.4 is 19.7 Å². The van der Waals surface area contributed by atoms with Crippen LogP contribution in [-0.2, 0) is 11.3 Å². The molecule has 1 heterocycles. The highest BCUT2D eigenvalue weighted by Gasteiger charge is 2.32. The van der Waals surface area contributed by atoms with Crippen LogP contribution in [0, 0.1) is 18.3 Å². The highest BCUT2D eigenvalue weighted by atomic mass is 16.5. The van der Waals surface area contributed by atoms with Crippen LogP contribution in [0.3, 0.4) is 0 Å². The number of hydrogen-bond donors (Lipinski definition) is 1. The fourth-order valence-electron chi connectivity index (χ4n) is 3.78. The van der Waals surface area contributed by atoms with Gasteiger partial charge in [0, 0.05) is 12.2 Å². The SMILES string of the molecule is COc1ccc(CN(C=O)C(=O)N(c2ccc(C#N)cc2C)C2CCNC2)cc1OC. The topological polar surface area (TPSA) is 94.9 Å². The summed E-state index contributed by atoms with van der Waals surface area (Å²) in [6, 6.07) is 12.1. The number of nitrogens with zero attached hydrogens (tertiary/aromatic N) is 3. The summed E-state index contributed by atoms with van der Waals surface area (Å²) in [5.41, 5.74) is 2.75. The lowest BCUT2D eigenvalue weighted by Crippen LogP contribution is -2.49. The third-order valence-corrected chi connectivity index (χ3v) is 5.36. The quantitative estimate of drug-likeness (QED) is 0.690. The van der Waals surface area contributed by atoms with E-state index in [4.69, 9.17) is 14.7 Å². The van der Waals surface area contributed by atoms with Crippen LogP contribution in [0.4, 0.5) is 10.5 Å². The standard InChI is InChI=1S/C23H26N4O4/c1-16-10-17(12-24)4-6-20(16)27(19-8-9-25-13-19)23(29)26(15-28)14-18-5-7-21(30-2)22(11-18)31-3/h4-7,10-11,15,19,25H,8-9,13-14H2,1-3H3. The van der Waals surface area contributed by atoms with E-state index < -0.39 is 6.03 Å². The number of carbonyl (C=O) groups is 2. The normalized spacial score (nSPS) is 15.1. The largest absolute Gasteiger partial charge is 0.493 e. The minimum atomic E-state index is -0.411. The zero-order chi connectivity index (χ0) is 22.4. The molecule has 162 valence electrons. The average molecular weight is 422 g/mol. The van der Waals surface area contributed by atoms with Crippen molar-refractivity contribution in [1.82, 2.24) is 10.2 Å². The molecule has 1 fully saturated rings. The van der Waals surface area contributed by atoms with Crippen molar-refractivity contribution in [3.63, 3.8) is 0 Å². The third kappa shape index (κ3) is 4.78. The Morgan fingerprint density at radius 2 is 2.00 bits per heavy atom. The summed E-state index contributed by atoms with van der Waals surface area (Å²) in [5.74, 6) is 1.10. The predicted molar refractivity (Wildman–Crippen MR) is 116 cm³/mol. The van der Waals surface area contributed by atoms with Crippen molar-refractivity contribution < 1.29 is 19.1 Å². The second-order valence-electron chi connectivity index (χ2n) is 7.33. The first-order chi connectivity index (χ1) is 15.0. The van der Waals surface area contributed by atoms with Gasteiger partial charge in [-0.1, -0.05) is 6.07 Å². The Morgan fingerprint density at radius 3 is 2.58 bits per heavy atom. The zero-order valence-electron chi connectivity index (χ0n) is 17.9. The van der Waals surface area contributed by atoms with Crippen LogP contribution >= 0.6 is 0 Å². The summed E-state index contributed by atoms with van der Waals surface area (Å²) >= 11 is 0. The van der Waals surface area contributed by atoms with Crippen LogP contribution in [0.15, 0.2) is 36.4 Å². The minimum absolute atomic E-state index is 0.0908. The van der Waals surface area contributed by atoms with E-state index in [1.165, 1.54) is 7.11 Å². The summed E-state index contributed by atoms with van der Waals surface area (Å²) < 4.78 is 10.6. The first-order valence-electron chi connectivity index (χ1n) is 9.99. The Labute approximate surface area is 182 Å². The minimum Gasteiger partial charge on any atom is -0.493 e. The van der Waals surface area contributed by atoms with Gasteiger partial charge in [0.15, 0.2) is 11.5 Å². The molecule has 31 heavy (non-hydrogen) atoms. The summed E-state index contributed by atoms with van der Waals surface area (Å²) in [6.45, 7) is 3.38. The molecule has 3 amide bonds. The van der Waals surface area contributed by atoms with Crippen molar-refractivity contribution in [1.29, 1.82) is 5.26 Å². The summed E-state index contributed by atoms with van der Waals surface area (Å²) in [6.07, 6.45) is 1.32. The van der Waals surface area contributed by atoms with E-state index in [2.05, 4.69) is 11.4 Å². The molecule has 2 aromatic rings. The van der Waals surface area contributed by atoms with Gasteiger partial charge in [-0.2, -0.15) is 5.26 Å². The van der Waals surface area contributed by atoms with Gasteiger partial charge in [0.2, 0.25) is 6.41 Å². The summed E-state index contributed by atoms with van der Waals surface area (Å²) in [7, 11) is 3.08. The number of imide groups is 1. The predicted octanol–water partition coefficient (Wildman–Crippen LogP) is 2.83. The van der Waals surface area contributed by atoms with Crippen LogP contribution in [0.5, 0.6) is 11.5 Å². The number of aryl methyl sites for hydroxylation is 1. The third-order valence-electron chi connectivity index (χ3n) is 5.36. The molecule has 1 unspecified atom stereocenters. The lowest BCUT2D eigenvalue weighted by molar-refractivity contribution is -0.116. The Morgan fingerprint density at radius 1 is 1.23 bits per heavy atom. The maximum Gasteiger partial charge on any atom is 0.331 e. The monoisotopic (exact) mass is 422 g/mol. The highest BCUT2D eigenvalue weighted by molar-refractivity contribution is 5.98. The Balaban J connectivity index is 1.92. The maximum absolute atomic E-state index is 13.5. The molecular weight excluding hydrogens is 396 g/mol. The molecule has 0 spiro atoms. The fourth-order valence-corrected chi connectivity index (χ4v) is 3.78. The van der Waals surface area contributed by atoms with Gasteiger partial charge in [0.1, 0.15) is 0 Å². The van der Waals surface area contributed by atoms with Crippen molar-refractivity contribution in [2.24, 2.45) is 0 Å². The molecule has 1 aliphatic rings. The van der Waals surface area contributed by atoms with Crippen molar-refractivity contribution in [2.75, 3.05) is 32.2 Å². The summed E-state index contributed by atoms with van der Waals surface area (Å²) in [4.78, 5) is 28.3. The second-order valence-corrected chi connectivity index (χ2v) is 7.33. The van der Waals surface area contributed by atoms with E-state index in [9.17, 15) is 9.59 Å². The van der Waals surface area contributed by atoms with Gasteiger partial charge in [-0.05, 0) is 61.3 Å². The van der Waals surface area contributed by atoms with E-state index in [1.54, 1.807) is 48.4 Å². The average Bonchev–Trinajstić information content (AvgIpc) is 3.32. The van der Waals surface area contributed by atoms with Crippen LogP contribution in [0.25, 0.3) is 0 Å². The molecule has 2 aromatic carbocycles. The second kappa shape index (κ2) is 9.96. The highest BCUT2D eigenvalue weighted by Crippen LogP contribution is 2.30. The molecule has 1 N–H and O–H groups in total. The van der Waals surface area contributed by atoms with Gasteiger partial charge in [-0.3, -0.25) is 14.6 Å². The molecular formula is C23H26N4O4. The number of carbonyl (C=O) groups excluding carboxylic acids is 2. The van der Waals surface area contributed by atoms with Crippen LogP contribution in [0.1, 0.15) is 23.1 Å². The first-order valence-corrected chi connectivity index (χ1v) is 9.99. The molecule has 1 saturated heterocycles. The molecule has 0 aliphatic carbocycles. The van der Waals surface area contributed by atoms with E-state index in [-0.39, 0.29) is 12.6 Å². The van der Waals surface area contributed by atoms with Gasteiger partial charge in [0.25, 0.3) is 0 Å². The Hall–Kier alpha value is -3.57. The number of nitriles is 1. The number of nitrogens with one attached hydrogen (secondary N) is 1. The van der Waals surface area contributed by atoms with Gasteiger partial charge in [0.05, 0.1) is 38.4 Å². The van der Waals surface area contributed by atoms with Gasteiger partial charge in [-0.25, -0.2) is 4.79 Å². The number of urea groups is 1. The van der Waals surface area contributed by atoms with Gasteiger partial charge >= 0.3 is 6.03 Å². The number of ether oxygens (including phenoxy) is 2. The Kier molecular flexibility index (Phi) is 7.11. The molecule has 8 heteroatoms. The lowest BCUT2D eigenvalue weighted by Gasteiger charge is -2.33. The van der Waals surface area contributed by atoms with E-state index in [0.29, 0.717) is 35.7 Å². The van der Waals surface area contributed by atoms with Crippen molar-refractivity contribution in [3.05, 3.63) is 53.1 Å². The number of hydrogen-bond acceptors (Lipinski definition) is 6. The molecule has 3 rings (SSSR count). The number of methoxy groups -OCH3 is 2. The fraction of sp³-hybridized carbons (Fsp3) is 0.348. The summed E-state index contributed by atoms with van der Waals surface area (Å²) in [5, 5.41) is 12.4. The molecule has 0 radical (unpaired) electrons. The van der Waals surface area contributed by atoms with Crippen LogP contribution in [-0.4, -0.2) is 50.7 Å². The maximum atomic E-state index is 13.5. The zero-order valence-corrected chi connectivity index (χ0v) is 17.9. The van der Waals surface area contributed by atoms with Gasteiger partial charge in [-0.15, -0.1) is 0 Å². The lowest BCUT2D eigenvalue weighted by atomic mass is 10.1. The van der Waals surface area contributed by atoms with Crippen molar-refractivity contribution in [3.8, 4) is 17.6 Å². The van der Waals surface area contributed by atoms with E-state index >= 15 is 0 Å². The molecule has 8 nitrogen and oxygen atoms in total. The molecule has 0 saturated carbocycles. The molecule has 0 aromatic heterocycles. The van der Waals surface area contributed by atoms with Crippen LogP contribution in [0.2, 0.25) is 0 Å². The van der Waals surface area contributed by atoms with E-state index in [0.717, 1.165) is 29.0 Å². The molecule has 1 aliphatic heterocycles. The Bertz CT molecular complexity index is 996. The first kappa shape index (κ1) is 22.1. The van der Waals surface area contributed by atoms with Gasteiger partial charge < -0.3 is 14.8 Å².